The number of nitrogens with one attached hydrogen (secondary N) is 1. The number of carboxylic acid groups (broad SMARTS) is 1. The van der Waals surface area contributed by atoms with Crippen LogP contribution in [0.4, 0.5) is 0 Å². The lowest BCUT2D eigenvalue weighted by atomic mass is 9.93. The van der Waals surface area contributed by atoms with Gasteiger partial charge >= 0.3 is 5.97 Å². The zero-order valence-electron chi connectivity index (χ0n) is 13.3. The third-order valence-corrected chi connectivity index (χ3v) is 4.13. The average Bonchev–Trinajstić information content (AvgIpc) is 3.18. The molecular formula is C15H30N2O3. The van der Waals surface area contributed by atoms with Crippen molar-refractivity contribution >= 4 is 5.97 Å². The summed E-state index contributed by atoms with van der Waals surface area (Å²) in [4.78, 5) is 13.6. The van der Waals surface area contributed by atoms with E-state index in [2.05, 4.69) is 17.1 Å². The maximum absolute atomic E-state index is 11.4. The van der Waals surface area contributed by atoms with Gasteiger partial charge in [0.1, 0.15) is 5.54 Å². The molecule has 20 heavy (non-hydrogen) atoms. The lowest BCUT2D eigenvalue weighted by Gasteiger charge is -2.33. The van der Waals surface area contributed by atoms with Gasteiger partial charge in [0, 0.05) is 19.2 Å². The summed E-state index contributed by atoms with van der Waals surface area (Å²) in [6.07, 6.45) is 3.20. The fourth-order valence-corrected chi connectivity index (χ4v) is 2.34. The Bertz CT molecular complexity index is 307. The molecule has 118 valence electrons. The van der Waals surface area contributed by atoms with Crippen LogP contribution in [-0.4, -0.2) is 60.9 Å². The highest BCUT2D eigenvalue weighted by atomic mass is 16.5. The third-order valence-electron chi connectivity index (χ3n) is 4.13. The van der Waals surface area contributed by atoms with Gasteiger partial charge in [-0.3, -0.25) is 4.79 Å². The number of ether oxygens (including phenoxy) is 1. The van der Waals surface area contributed by atoms with Crippen molar-refractivity contribution in [2.45, 2.75) is 51.6 Å². The Hall–Kier alpha value is -0.650. The zero-order valence-corrected chi connectivity index (χ0v) is 13.3. The summed E-state index contributed by atoms with van der Waals surface area (Å²) in [5, 5.41) is 12.4. The maximum atomic E-state index is 11.4. The van der Waals surface area contributed by atoms with Crippen molar-refractivity contribution in [3.05, 3.63) is 0 Å². The van der Waals surface area contributed by atoms with Crippen molar-refractivity contribution in [3.8, 4) is 0 Å². The lowest BCUT2D eigenvalue weighted by Crippen LogP contribution is -2.53. The van der Waals surface area contributed by atoms with Gasteiger partial charge in [0.2, 0.25) is 0 Å². The summed E-state index contributed by atoms with van der Waals surface area (Å²) in [5.74, 6) is 0.00590. The van der Waals surface area contributed by atoms with Crippen LogP contribution in [0, 0.1) is 5.92 Å². The van der Waals surface area contributed by atoms with Crippen LogP contribution in [0.3, 0.4) is 0 Å². The van der Waals surface area contributed by atoms with E-state index >= 15 is 0 Å². The summed E-state index contributed by atoms with van der Waals surface area (Å²) < 4.78 is 5.63. The highest BCUT2D eigenvalue weighted by molar-refractivity contribution is 5.78. The summed E-state index contributed by atoms with van der Waals surface area (Å²) in [6, 6.07) is 0.194. The van der Waals surface area contributed by atoms with Crippen LogP contribution < -0.4 is 5.32 Å². The Morgan fingerprint density at radius 1 is 1.55 bits per heavy atom. The maximum Gasteiger partial charge on any atom is 0.323 e. The monoisotopic (exact) mass is 286 g/mol. The minimum atomic E-state index is -0.864. The second kappa shape index (κ2) is 7.96. The molecule has 0 bridgehead atoms. The highest BCUT2D eigenvalue weighted by Crippen LogP contribution is 2.28. The quantitative estimate of drug-likeness (QED) is 0.565. The van der Waals surface area contributed by atoms with Gasteiger partial charge in [-0.25, -0.2) is 0 Å². The van der Waals surface area contributed by atoms with Crippen molar-refractivity contribution in [1.29, 1.82) is 0 Å². The van der Waals surface area contributed by atoms with Crippen LogP contribution in [0.2, 0.25) is 0 Å². The molecule has 0 spiro atoms. The van der Waals surface area contributed by atoms with E-state index in [9.17, 15) is 9.90 Å². The number of aliphatic carboxylic acids is 1. The number of carboxylic acids is 1. The van der Waals surface area contributed by atoms with Crippen molar-refractivity contribution in [2.24, 2.45) is 5.92 Å². The van der Waals surface area contributed by atoms with E-state index in [4.69, 9.17) is 4.74 Å². The second-order valence-corrected chi connectivity index (χ2v) is 6.22. The normalized spacial score (nSPS) is 19.9. The Balaban J connectivity index is 2.29. The van der Waals surface area contributed by atoms with Gasteiger partial charge in [-0.15, -0.1) is 0 Å². The first kappa shape index (κ1) is 17.4. The van der Waals surface area contributed by atoms with Crippen molar-refractivity contribution in [3.63, 3.8) is 0 Å². The molecule has 1 fully saturated rings. The Kier molecular flexibility index (Phi) is 6.92. The molecule has 1 aliphatic carbocycles. The Morgan fingerprint density at radius 2 is 2.20 bits per heavy atom. The Morgan fingerprint density at radius 3 is 2.70 bits per heavy atom. The fraction of sp³-hybridized carbons (Fsp3) is 0.933. The van der Waals surface area contributed by atoms with Crippen LogP contribution in [-0.2, 0) is 9.53 Å². The molecule has 5 nitrogen and oxygen atoms in total. The molecule has 0 aromatic carbocycles. The van der Waals surface area contributed by atoms with Gasteiger partial charge in [-0.1, -0.05) is 6.92 Å². The van der Waals surface area contributed by atoms with Crippen LogP contribution >= 0.6 is 0 Å². The second-order valence-electron chi connectivity index (χ2n) is 6.22. The zero-order chi connectivity index (χ0) is 15.2. The minimum Gasteiger partial charge on any atom is -0.480 e. The number of hydrogen-bond acceptors (Lipinski definition) is 4. The number of nitrogens with zero attached hydrogens (tertiary/aromatic N) is 1. The molecule has 2 unspecified atom stereocenters. The van der Waals surface area contributed by atoms with Gasteiger partial charge in [0.05, 0.1) is 6.61 Å². The number of likely N-dealkylation sites (N-methyl/N-ethyl adjacent to an activating group) is 2. The van der Waals surface area contributed by atoms with Gasteiger partial charge < -0.3 is 20.1 Å². The molecule has 0 amide bonds. The molecule has 0 aromatic heterocycles. The predicted molar refractivity (Wildman–Crippen MR) is 80.0 cm³/mol. The molecule has 0 radical (unpaired) electrons. The van der Waals surface area contributed by atoms with Gasteiger partial charge in [0.25, 0.3) is 0 Å². The van der Waals surface area contributed by atoms with Gasteiger partial charge in [-0.2, -0.15) is 0 Å². The largest absolute Gasteiger partial charge is 0.480 e. The van der Waals surface area contributed by atoms with Crippen LogP contribution in [0.15, 0.2) is 0 Å². The smallest absolute Gasteiger partial charge is 0.323 e. The summed E-state index contributed by atoms with van der Waals surface area (Å²) in [6.45, 7) is 8.86. The number of carbonyl (C=O) groups is 1. The molecule has 1 rings (SSSR count). The molecule has 0 heterocycles. The minimum absolute atomic E-state index is 0.194. The number of hydrogen-bond donors (Lipinski definition) is 2. The molecule has 1 saturated carbocycles. The molecular weight excluding hydrogens is 256 g/mol. The highest BCUT2D eigenvalue weighted by Gasteiger charge is 2.34. The first-order valence-electron chi connectivity index (χ1n) is 7.65. The molecule has 0 saturated heterocycles. The summed E-state index contributed by atoms with van der Waals surface area (Å²) in [7, 11) is 2.03. The SMILES string of the molecule is CCNC(C)(CC(C)N(C)CCOCC1CC1)C(=O)O. The summed E-state index contributed by atoms with van der Waals surface area (Å²) in [5.41, 5.74) is -0.864. The van der Waals surface area contributed by atoms with E-state index < -0.39 is 11.5 Å². The van der Waals surface area contributed by atoms with Crippen LogP contribution in [0.1, 0.15) is 40.0 Å². The lowest BCUT2D eigenvalue weighted by molar-refractivity contribution is -0.145. The van der Waals surface area contributed by atoms with Gasteiger partial charge in [0.15, 0.2) is 0 Å². The molecule has 2 N–H and O–H groups in total. The van der Waals surface area contributed by atoms with Crippen molar-refractivity contribution < 1.29 is 14.6 Å². The van der Waals surface area contributed by atoms with E-state index in [-0.39, 0.29) is 6.04 Å². The molecule has 5 heteroatoms. The molecule has 1 aliphatic rings. The van der Waals surface area contributed by atoms with Gasteiger partial charge in [-0.05, 0) is 52.6 Å². The Labute approximate surface area is 122 Å². The fourth-order valence-electron chi connectivity index (χ4n) is 2.34. The standard InChI is InChI=1S/C15H30N2O3/c1-5-16-15(3,14(18)19)10-12(2)17(4)8-9-20-11-13-6-7-13/h12-13,16H,5-11H2,1-4H3,(H,18,19). The van der Waals surface area contributed by atoms with Crippen LogP contribution in [0.25, 0.3) is 0 Å². The third kappa shape index (κ3) is 5.77. The summed E-state index contributed by atoms with van der Waals surface area (Å²) >= 11 is 0. The molecule has 0 aromatic rings. The van der Waals surface area contributed by atoms with Crippen molar-refractivity contribution in [2.75, 3.05) is 33.4 Å². The first-order valence-corrected chi connectivity index (χ1v) is 7.65. The van der Waals surface area contributed by atoms with Crippen molar-refractivity contribution in [1.82, 2.24) is 10.2 Å². The van der Waals surface area contributed by atoms with E-state index in [0.29, 0.717) is 13.0 Å². The predicted octanol–water partition coefficient (Wildman–Crippen LogP) is 1.58. The topological polar surface area (TPSA) is 61.8 Å². The number of rotatable bonds is 11. The van der Waals surface area contributed by atoms with E-state index in [1.54, 1.807) is 6.92 Å². The first-order chi connectivity index (χ1) is 9.39. The molecule has 2 atom stereocenters. The average molecular weight is 286 g/mol. The van der Waals surface area contributed by atoms with E-state index in [1.807, 2.05) is 14.0 Å². The molecule has 0 aliphatic heterocycles. The van der Waals surface area contributed by atoms with E-state index in [0.717, 1.165) is 25.7 Å². The van der Waals surface area contributed by atoms with E-state index in [1.165, 1.54) is 12.8 Å². The van der Waals surface area contributed by atoms with Crippen LogP contribution in [0.5, 0.6) is 0 Å².